The van der Waals surface area contributed by atoms with Gasteiger partial charge in [-0.05, 0) is 37.1 Å². The monoisotopic (exact) mass is 267 g/mol. The van der Waals surface area contributed by atoms with Gasteiger partial charge in [-0.1, -0.05) is 13.8 Å². The van der Waals surface area contributed by atoms with Crippen molar-refractivity contribution in [2.75, 3.05) is 26.3 Å². The Morgan fingerprint density at radius 3 is 2.32 bits per heavy atom. The zero-order valence-electron chi connectivity index (χ0n) is 12.6. The summed E-state index contributed by atoms with van der Waals surface area (Å²) in [4.78, 5) is 2.43. The van der Waals surface area contributed by atoms with Crippen LogP contribution in [0.4, 0.5) is 0 Å². The first-order chi connectivity index (χ1) is 8.91. The average Bonchev–Trinajstić information content (AvgIpc) is 2.79. The summed E-state index contributed by atoms with van der Waals surface area (Å²) in [5.41, 5.74) is -0.0989. The zero-order chi connectivity index (χ0) is 14.0. The summed E-state index contributed by atoms with van der Waals surface area (Å²) in [6.45, 7) is 14.3. The predicted molar refractivity (Wildman–Crippen MR) is 72.8 cm³/mol. The molecule has 6 nitrogen and oxygen atoms in total. The van der Waals surface area contributed by atoms with Crippen LogP contribution in [0, 0.1) is 5.92 Å². The first-order valence-corrected chi connectivity index (χ1v) is 7.02. The van der Waals surface area contributed by atoms with Crippen molar-refractivity contribution in [2.24, 2.45) is 5.92 Å². The molecular weight excluding hydrogens is 242 g/mol. The minimum Gasteiger partial charge on any atom is -0.379 e. The highest BCUT2D eigenvalue weighted by Crippen LogP contribution is 2.29. The molecule has 19 heavy (non-hydrogen) atoms. The van der Waals surface area contributed by atoms with Gasteiger partial charge in [0.25, 0.3) is 0 Å². The molecule has 1 aromatic heterocycles. The number of tetrazole rings is 1. The van der Waals surface area contributed by atoms with E-state index in [1.807, 2.05) is 4.68 Å². The van der Waals surface area contributed by atoms with Crippen molar-refractivity contribution in [3.05, 3.63) is 5.82 Å². The number of hydrogen-bond acceptors (Lipinski definition) is 5. The van der Waals surface area contributed by atoms with Gasteiger partial charge in [-0.25, -0.2) is 4.68 Å². The quantitative estimate of drug-likeness (QED) is 0.830. The summed E-state index contributed by atoms with van der Waals surface area (Å²) in [5, 5.41) is 12.4. The lowest BCUT2D eigenvalue weighted by Crippen LogP contribution is -2.43. The van der Waals surface area contributed by atoms with Crippen molar-refractivity contribution in [3.8, 4) is 0 Å². The van der Waals surface area contributed by atoms with Crippen LogP contribution in [0.1, 0.15) is 46.5 Å². The molecule has 1 fully saturated rings. The van der Waals surface area contributed by atoms with Crippen LogP contribution in [0.25, 0.3) is 0 Å². The summed E-state index contributed by atoms with van der Waals surface area (Å²) in [5.74, 6) is 1.43. The van der Waals surface area contributed by atoms with E-state index in [4.69, 9.17) is 4.74 Å². The van der Waals surface area contributed by atoms with E-state index in [2.05, 4.69) is 55.0 Å². The van der Waals surface area contributed by atoms with Crippen LogP contribution in [0.2, 0.25) is 0 Å². The number of morpholine rings is 1. The molecule has 2 rings (SSSR count). The van der Waals surface area contributed by atoms with Crippen molar-refractivity contribution in [1.82, 2.24) is 25.1 Å². The summed E-state index contributed by atoms with van der Waals surface area (Å²) >= 11 is 0. The maximum Gasteiger partial charge on any atom is 0.169 e. The Kier molecular flexibility index (Phi) is 4.20. The van der Waals surface area contributed by atoms with Crippen LogP contribution in [-0.4, -0.2) is 51.4 Å². The lowest BCUT2D eigenvalue weighted by atomic mass is 9.99. The van der Waals surface area contributed by atoms with Crippen molar-refractivity contribution >= 4 is 0 Å². The fraction of sp³-hybridized carbons (Fsp3) is 0.923. The number of hydrogen-bond donors (Lipinski definition) is 0. The zero-order valence-corrected chi connectivity index (χ0v) is 12.6. The molecule has 0 aliphatic carbocycles. The van der Waals surface area contributed by atoms with Crippen molar-refractivity contribution in [3.63, 3.8) is 0 Å². The van der Waals surface area contributed by atoms with Gasteiger partial charge in [0, 0.05) is 13.1 Å². The molecule has 1 aromatic rings. The maximum atomic E-state index is 5.44. The Morgan fingerprint density at radius 1 is 1.16 bits per heavy atom. The first-order valence-electron chi connectivity index (χ1n) is 7.02. The van der Waals surface area contributed by atoms with E-state index in [9.17, 15) is 0 Å². The van der Waals surface area contributed by atoms with Gasteiger partial charge in [0.1, 0.15) is 0 Å². The average molecular weight is 267 g/mol. The fourth-order valence-corrected chi connectivity index (χ4v) is 2.59. The minimum absolute atomic E-state index is 0.0989. The second-order valence-corrected chi connectivity index (χ2v) is 6.46. The standard InChI is InChI=1S/C13H25N5O/c1-10(2)11(17-6-8-19-9-7-17)12-14-15-16-18(12)13(3,4)5/h10-11H,6-9H2,1-5H3/t11-/m1/s1. The lowest BCUT2D eigenvalue weighted by Gasteiger charge is -2.37. The van der Waals surface area contributed by atoms with Crippen molar-refractivity contribution < 1.29 is 4.74 Å². The summed E-state index contributed by atoms with van der Waals surface area (Å²) in [6, 6.07) is 0.248. The highest BCUT2D eigenvalue weighted by Gasteiger charge is 2.32. The molecular formula is C13H25N5O. The van der Waals surface area contributed by atoms with Crippen LogP contribution < -0.4 is 0 Å². The largest absolute Gasteiger partial charge is 0.379 e. The van der Waals surface area contributed by atoms with Crippen molar-refractivity contribution in [1.29, 1.82) is 0 Å². The fourth-order valence-electron chi connectivity index (χ4n) is 2.59. The Hall–Kier alpha value is -1.01. The van der Waals surface area contributed by atoms with E-state index in [1.165, 1.54) is 0 Å². The minimum atomic E-state index is -0.0989. The van der Waals surface area contributed by atoms with Gasteiger partial charge in [0.05, 0.1) is 24.8 Å². The van der Waals surface area contributed by atoms with Gasteiger partial charge in [-0.15, -0.1) is 5.10 Å². The molecule has 0 amide bonds. The van der Waals surface area contributed by atoms with E-state index in [1.54, 1.807) is 0 Å². The van der Waals surface area contributed by atoms with E-state index in [-0.39, 0.29) is 11.6 Å². The Bertz CT molecular complexity index is 403. The van der Waals surface area contributed by atoms with Crippen LogP contribution in [0.3, 0.4) is 0 Å². The van der Waals surface area contributed by atoms with Gasteiger partial charge in [0.2, 0.25) is 0 Å². The van der Waals surface area contributed by atoms with Crippen LogP contribution in [0.5, 0.6) is 0 Å². The van der Waals surface area contributed by atoms with Gasteiger partial charge in [0.15, 0.2) is 5.82 Å². The molecule has 1 atom stereocenters. The lowest BCUT2D eigenvalue weighted by molar-refractivity contribution is 0.00126. The number of ether oxygens (including phenoxy) is 1. The number of nitrogens with zero attached hydrogens (tertiary/aromatic N) is 5. The first kappa shape index (κ1) is 14.4. The Morgan fingerprint density at radius 2 is 1.79 bits per heavy atom. The highest BCUT2D eigenvalue weighted by atomic mass is 16.5. The van der Waals surface area contributed by atoms with E-state index in [0.29, 0.717) is 5.92 Å². The summed E-state index contributed by atoms with van der Waals surface area (Å²) in [7, 11) is 0. The van der Waals surface area contributed by atoms with Crippen LogP contribution in [-0.2, 0) is 10.3 Å². The Balaban J connectivity index is 2.31. The van der Waals surface area contributed by atoms with Gasteiger partial charge >= 0.3 is 0 Å². The molecule has 0 spiro atoms. The third kappa shape index (κ3) is 3.12. The second-order valence-electron chi connectivity index (χ2n) is 6.46. The van der Waals surface area contributed by atoms with Crippen LogP contribution >= 0.6 is 0 Å². The Labute approximate surface area is 115 Å². The number of rotatable bonds is 3. The molecule has 1 aliphatic rings. The van der Waals surface area contributed by atoms with Crippen LogP contribution in [0.15, 0.2) is 0 Å². The van der Waals surface area contributed by atoms with E-state index in [0.717, 1.165) is 32.1 Å². The van der Waals surface area contributed by atoms with E-state index >= 15 is 0 Å². The molecule has 108 valence electrons. The van der Waals surface area contributed by atoms with Gasteiger partial charge in [-0.3, -0.25) is 4.90 Å². The molecule has 0 bridgehead atoms. The summed E-state index contributed by atoms with van der Waals surface area (Å²) in [6.07, 6.45) is 0. The highest BCUT2D eigenvalue weighted by molar-refractivity contribution is 4.98. The summed E-state index contributed by atoms with van der Waals surface area (Å²) < 4.78 is 7.40. The normalized spacial score (nSPS) is 19.9. The second kappa shape index (κ2) is 5.54. The van der Waals surface area contributed by atoms with Crippen molar-refractivity contribution in [2.45, 2.75) is 46.2 Å². The maximum absolute atomic E-state index is 5.44. The molecule has 2 heterocycles. The molecule has 0 N–H and O–H groups in total. The number of aromatic nitrogens is 4. The molecule has 1 saturated heterocycles. The smallest absolute Gasteiger partial charge is 0.169 e. The molecule has 0 aromatic carbocycles. The topological polar surface area (TPSA) is 56.1 Å². The molecule has 6 heteroatoms. The third-order valence-electron chi connectivity index (χ3n) is 3.46. The predicted octanol–water partition coefficient (Wildman–Crippen LogP) is 1.46. The molecule has 0 saturated carbocycles. The molecule has 1 aliphatic heterocycles. The third-order valence-corrected chi connectivity index (χ3v) is 3.46. The molecule has 0 unspecified atom stereocenters. The molecule has 0 radical (unpaired) electrons. The van der Waals surface area contributed by atoms with E-state index < -0.39 is 0 Å². The van der Waals surface area contributed by atoms with Gasteiger partial charge in [-0.2, -0.15) is 0 Å². The van der Waals surface area contributed by atoms with Gasteiger partial charge < -0.3 is 4.74 Å². The SMILES string of the molecule is CC(C)[C@H](c1nnnn1C(C)(C)C)N1CCOCC1.